The first-order valence-corrected chi connectivity index (χ1v) is 9.87. The summed E-state index contributed by atoms with van der Waals surface area (Å²) in [5.74, 6) is 0. The highest BCUT2D eigenvalue weighted by Crippen LogP contribution is 2.21. The minimum Gasteiger partial charge on any atom is -0.222 e. The van der Waals surface area contributed by atoms with Crippen LogP contribution in [-0.2, 0) is 9.59 Å². The molecule has 4 nitrogen and oxygen atoms in total. The number of isocyanates is 2. The molecule has 0 saturated heterocycles. The van der Waals surface area contributed by atoms with E-state index < -0.39 is 0 Å². The minimum absolute atomic E-state index is 0.750. The van der Waals surface area contributed by atoms with E-state index in [1.807, 2.05) is 12.1 Å². The van der Waals surface area contributed by atoms with Gasteiger partial charge in [0.05, 0.1) is 0 Å². The molecule has 0 unspecified atom stereocenters. The first-order valence-electron chi connectivity index (χ1n) is 9.87. The van der Waals surface area contributed by atoms with E-state index in [0.29, 0.717) is 0 Å². The Balaban J connectivity index is 0.000000259. The van der Waals surface area contributed by atoms with Gasteiger partial charge in [-0.3, -0.25) is 0 Å². The average molecular weight is 423 g/mol. The number of nitrogens with one attached hydrogen (secondary N) is 2. The number of benzene rings is 4. The van der Waals surface area contributed by atoms with Crippen LogP contribution in [0.25, 0.3) is 22.3 Å². The Morgan fingerprint density at radius 2 is 0.750 bits per heavy atom. The summed E-state index contributed by atoms with van der Waals surface area (Å²) in [4.78, 5) is 16.7. The molecule has 2 N–H and O–H groups in total. The zero-order chi connectivity index (χ0) is 23.6. The van der Waals surface area contributed by atoms with Crippen molar-refractivity contribution < 1.29 is 9.59 Å². The summed E-state index contributed by atoms with van der Waals surface area (Å²) in [6.45, 7) is 4.25. The van der Waals surface area contributed by atoms with Crippen LogP contribution in [0.3, 0.4) is 0 Å². The van der Waals surface area contributed by atoms with Crippen LogP contribution in [0, 0.1) is 24.7 Å². The Labute approximate surface area is 189 Å². The van der Waals surface area contributed by atoms with Crippen LogP contribution in [0.15, 0.2) is 109 Å². The molecular formula is C28H26N2O2. The van der Waals surface area contributed by atoms with Gasteiger partial charge in [0.2, 0.25) is 12.2 Å². The van der Waals surface area contributed by atoms with E-state index in [1.54, 1.807) is 0 Å². The zero-order valence-electron chi connectivity index (χ0n) is 18.2. The topological polar surface area (TPSA) is 81.8 Å². The summed E-state index contributed by atoms with van der Waals surface area (Å²) in [6.07, 6.45) is 1.50. The Hall–Kier alpha value is -4.36. The fourth-order valence-electron chi connectivity index (χ4n) is 2.91. The molecular weight excluding hydrogens is 396 g/mol. The summed E-state index contributed by atoms with van der Waals surface area (Å²) in [5.41, 5.74) is 7.77. The summed E-state index contributed by atoms with van der Waals surface area (Å²) in [7, 11) is 0. The molecule has 0 aliphatic rings. The average Bonchev–Trinajstić information content (AvgIpc) is 2.82. The number of hydrogen-bond acceptors (Lipinski definition) is 4. The van der Waals surface area contributed by atoms with Crippen molar-refractivity contribution in [3.05, 3.63) is 120 Å². The van der Waals surface area contributed by atoms with E-state index in [9.17, 15) is 0 Å². The molecule has 0 aromatic heterocycles. The quantitative estimate of drug-likeness (QED) is 0.266. The van der Waals surface area contributed by atoms with Gasteiger partial charge < -0.3 is 0 Å². The molecule has 32 heavy (non-hydrogen) atoms. The third-order valence-electron chi connectivity index (χ3n) is 4.25. The molecule has 4 aromatic carbocycles. The largest absolute Gasteiger partial charge is 0.231 e. The normalized spacial score (nSPS) is 8.56. The highest BCUT2D eigenvalue weighted by Gasteiger charge is 1.96. The van der Waals surface area contributed by atoms with Gasteiger partial charge in [0.1, 0.15) is 0 Å². The van der Waals surface area contributed by atoms with Crippen molar-refractivity contribution in [1.82, 2.24) is 0 Å². The van der Waals surface area contributed by atoms with Crippen molar-refractivity contribution >= 4 is 12.2 Å². The van der Waals surface area contributed by atoms with Crippen molar-refractivity contribution in [2.24, 2.45) is 0 Å². The van der Waals surface area contributed by atoms with Gasteiger partial charge in [0.25, 0.3) is 0 Å². The molecule has 0 aliphatic carbocycles. The lowest BCUT2D eigenvalue weighted by molar-refractivity contribution is 0.562. The second kappa shape index (κ2) is 15.5. The summed E-state index contributed by atoms with van der Waals surface area (Å²) in [6, 6.07) is 38.0. The lowest BCUT2D eigenvalue weighted by atomic mass is 10.0. The van der Waals surface area contributed by atoms with Gasteiger partial charge in [0, 0.05) is 0 Å². The smallest absolute Gasteiger partial charge is 0.222 e. The fourth-order valence-corrected chi connectivity index (χ4v) is 2.91. The minimum atomic E-state index is 0.750. The Kier molecular flexibility index (Phi) is 12.4. The van der Waals surface area contributed by atoms with Gasteiger partial charge in [-0.1, -0.05) is 120 Å². The van der Waals surface area contributed by atoms with Crippen molar-refractivity contribution in [2.75, 3.05) is 0 Å². The van der Waals surface area contributed by atoms with Crippen LogP contribution in [0.5, 0.6) is 0 Å². The molecule has 0 aliphatic heterocycles. The van der Waals surface area contributed by atoms with E-state index >= 15 is 0 Å². The third-order valence-corrected chi connectivity index (χ3v) is 4.25. The molecule has 0 heterocycles. The number of hydrogen-bond donors (Lipinski definition) is 2. The first kappa shape index (κ1) is 25.7. The fraction of sp³-hybridized carbons (Fsp3) is 0.0714. The van der Waals surface area contributed by atoms with Crippen molar-refractivity contribution in [1.29, 1.82) is 10.8 Å². The molecule has 0 fully saturated rings. The zero-order valence-corrected chi connectivity index (χ0v) is 18.2. The summed E-state index contributed by atoms with van der Waals surface area (Å²) >= 11 is 0. The predicted octanol–water partition coefficient (Wildman–Crippen LogP) is 7.13. The standard InChI is InChI=1S/C14H14.C12H10.2CHNO/c1-11-5-3-7-13(9-11)14-8-4-6-12(2)10-14;1-3-7-11(8-4-1)12-9-5-2-6-10-12;2*2-1-3/h3-10H,1-2H3;1-10H;2*2H. The molecule has 4 aromatic rings. The first-order chi connectivity index (χ1) is 15.5. The highest BCUT2D eigenvalue weighted by molar-refractivity contribution is 5.65. The molecule has 4 heteroatoms. The molecule has 4 rings (SSSR count). The Morgan fingerprint density at radius 1 is 0.469 bits per heavy atom. The Bertz CT molecular complexity index is 1040. The molecule has 160 valence electrons. The third kappa shape index (κ3) is 9.91. The Morgan fingerprint density at radius 3 is 1.03 bits per heavy atom. The van der Waals surface area contributed by atoms with E-state index in [1.165, 1.54) is 33.4 Å². The second-order valence-electron chi connectivity index (χ2n) is 6.68. The lowest BCUT2D eigenvalue weighted by Crippen LogP contribution is -1.80. The number of carbonyl (C=O) groups excluding carboxylic acids is 2. The van der Waals surface area contributed by atoms with Crippen LogP contribution in [-0.4, -0.2) is 12.2 Å². The van der Waals surface area contributed by atoms with Gasteiger partial charge >= 0.3 is 0 Å². The van der Waals surface area contributed by atoms with E-state index in [-0.39, 0.29) is 0 Å². The lowest BCUT2D eigenvalue weighted by Gasteiger charge is -2.03. The van der Waals surface area contributed by atoms with Crippen LogP contribution < -0.4 is 0 Å². The number of aryl methyl sites for hydroxylation is 2. The SMILES string of the molecule is Cc1cccc(-c2cccc(C)c2)c1.N=C=O.N=C=O.c1ccc(-c2ccccc2)cc1. The van der Waals surface area contributed by atoms with Crippen LogP contribution in [0.1, 0.15) is 11.1 Å². The molecule has 0 bridgehead atoms. The second-order valence-corrected chi connectivity index (χ2v) is 6.68. The molecule has 0 radical (unpaired) electrons. The highest BCUT2D eigenvalue weighted by atomic mass is 16.1. The predicted molar refractivity (Wildman–Crippen MR) is 130 cm³/mol. The van der Waals surface area contributed by atoms with Crippen molar-refractivity contribution in [3.8, 4) is 22.3 Å². The molecule has 0 spiro atoms. The van der Waals surface area contributed by atoms with E-state index in [4.69, 9.17) is 20.4 Å². The van der Waals surface area contributed by atoms with E-state index in [2.05, 4.69) is 111 Å². The monoisotopic (exact) mass is 422 g/mol. The maximum Gasteiger partial charge on any atom is 0.231 e. The summed E-state index contributed by atoms with van der Waals surface area (Å²) in [5, 5.41) is 10.8. The summed E-state index contributed by atoms with van der Waals surface area (Å²) < 4.78 is 0. The van der Waals surface area contributed by atoms with Crippen LogP contribution in [0.2, 0.25) is 0 Å². The molecule has 0 amide bonds. The van der Waals surface area contributed by atoms with Crippen molar-refractivity contribution in [2.45, 2.75) is 13.8 Å². The van der Waals surface area contributed by atoms with Crippen LogP contribution in [0.4, 0.5) is 0 Å². The molecule has 0 saturated carbocycles. The number of rotatable bonds is 2. The van der Waals surface area contributed by atoms with Crippen molar-refractivity contribution in [3.63, 3.8) is 0 Å². The molecule has 0 atom stereocenters. The maximum absolute atomic E-state index is 8.35. The van der Waals surface area contributed by atoms with Gasteiger partial charge in [-0.15, -0.1) is 0 Å². The van der Waals surface area contributed by atoms with Gasteiger partial charge in [-0.2, -0.15) is 0 Å². The van der Waals surface area contributed by atoms with Gasteiger partial charge in [-0.25, -0.2) is 20.4 Å². The van der Waals surface area contributed by atoms with Gasteiger partial charge in [0.15, 0.2) is 0 Å². The maximum atomic E-state index is 8.35. The van der Waals surface area contributed by atoms with E-state index in [0.717, 1.165) is 12.2 Å². The van der Waals surface area contributed by atoms with Gasteiger partial charge in [-0.05, 0) is 36.1 Å². The van der Waals surface area contributed by atoms with Crippen LogP contribution >= 0.6 is 0 Å².